The smallest absolute Gasteiger partial charge is 0.0348 e. The van der Waals surface area contributed by atoms with E-state index in [-0.39, 0.29) is 0 Å². The van der Waals surface area contributed by atoms with Crippen LogP contribution in [0.4, 0.5) is 0 Å². The summed E-state index contributed by atoms with van der Waals surface area (Å²) in [6, 6.07) is 0. The topological polar surface area (TPSA) is 0 Å². The molecule has 1 aliphatic carbocycles. The Balaban J connectivity index is 2.49. The van der Waals surface area contributed by atoms with Crippen molar-refractivity contribution in [2.75, 3.05) is 0 Å². The lowest BCUT2D eigenvalue weighted by Crippen LogP contribution is -1.76. The molecule has 0 aromatic rings. The highest BCUT2D eigenvalue weighted by Gasteiger charge is 1.86. The van der Waals surface area contributed by atoms with Gasteiger partial charge in [-0.2, -0.15) is 0 Å². The third kappa shape index (κ3) is 16.3. The van der Waals surface area contributed by atoms with Gasteiger partial charge in [0.25, 0.3) is 0 Å². The summed E-state index contributed by atoms with van der Waals surface area (Å²) in [5.74, 6) is 0. The molecule has 0 heteroatoms. The van der Waals surface area contributed by atoms with Crippen molar-refractivity contribution < 1.29 is 0 Å². The largest absolute Gasteiger partial charge is 0.0845 e. The Morgan fingerprint density at radius 2 is 0.462 bits per heavy atom. The second kappa shape index (κ2) is 18.7. The molecule has 0 amide bonds. The molecule has 136 valence electrons. The van der Waals surface area contributed by atoms with E-state index in [1.165, 1.54) is 38.5 Å². The second-order valence-corrected chi connectivity index (χ2v) is 5.93. The summed E-state index contributed by atoms with van der Waals surface area (Å²) >= 11 is 0. The number of hydrogen-bond acceptors (Lipinski definition) is 0. The molecule has 0 saturated heterocycles. The maximum atomic E-state index is 2.26. The molecule has 0 bridgehead atoms. The number of allylic oxidation sites excluding steroid dienone is 20. The normalized spacial score (nSPS) is 28.9. The molecule has 0 saturated carbocycles. The van der Waals surface area contributed by atoms with E-state index in [0.717, 1.165) is 0 Å². The van der Waals surface area contributed by atoms with Crippen LogP contribution < -0.4 is 0 Å². The Morgan fingerprint density at radius 1 is 0.231 bits per heavy atom. The van der Waals surface area contributed by atoms with Crippen molar-refractivity contribution in [2.45, 2.75) is 38.5 Å². The van der Waals surface area contributed by atoms with Crippen molar-refractivity contribution in [1.29, 1.82) is 0 Å². The van der Waals surface area contributed by atoms with Crippen molar-refractivity contribution >= 4 is 0 Å². The molecular formula is C26H32. The average Bonchev–Trinajstić information content (AvgIpc) is 2.65. The van der Waals surface area contributed by atoms with Gasteiger partial charge in [-0.25, -0.2) is 0 Å². The minimum atomic E-state index is 1.17. The fraction of sp³-hybridized carbons (Fsp3) is 0.231. The quantitative estimate of drug-likeness (QED) is 0.419. The molecule has 1 rings (SSSR count). The summed E-state index contributed by atoms with van der Waals surface area (Å²) in [4.78, 5) is 0. The molecule has 0 aromatic carbocycles. The molecule has 26 heavy (non-hydrogen) atoms. The van der Waals surface area contributed by atoms with Gasteiger partial charge in [-0.3, -0.25) is 0 Å². The van der Waals surface area contributed by atoms with Gasteiger partial charge in [-0.1, -0.05) is 134 Å². The molecule has 0 aromatic heterocycles. The number of rotatable bonds is 0. The predicted molar refractivity (Wildman–Crippen MR) is 119 cm³/mol. The predicted octanol–water partition coefficient (Wildman–Crippen LogP) is 7.90. The number of hydrogen-bond donors (Lipinski definition) is 0. The molecule has 0 aliphatic heterocycles. The van der Waals surface area contributed by atoms with E-state index in [9.17, 15) is 0 Å². The van der Waals surface area contributed by atoms with Crippen LogP contribution in [-0.2, 0) is 0 Å². The molecule has 0 atom stereocenters. The van der Waals surface area contributed by atoms with Crippen LogP contribution in [0.5, 0.6) is 0 Å². The van der Waals surface area contributed by atoms with Gasteiger partial charge in [0.1, 0.15) is 0 Å². The summed E-state index contributed by atoms with van der Waals surface area (Å²) in [5, 5.41) is 0. The van der Waals surface area contributed by atoms with E-state index in [1.54, 1.807) is 0 Å². The minimum absolute atomic E-state index is 1.17. The SMILES string of the molecule is C1=CCCCCCC/C=C/C=C/C=C/C=C\C=C\C=C\C=C\C=C/C=C/1. The van der Waals surface area contributed by atoms with Crippen molar-refractivity contribution in [2.24, 2.45) is 0 Å². The third-order valence-corrected chi connectivity index (χ3v) is 3.65. The van der Waals surface area contributed by atoms with Crippen molar-refractivity contribution in [3.63, 3.8) is 0 Å². The highest BCUT2D eigenvalue weighted by Crippen LogP contribution is 2.06. The van der Waals surface area contributed by atoms with E-state index in [4.69, 9.17) is 0 Å². The molecule has 0 N–H and O–H groups in total. The van der Waals surface area contributed by atoms with Gasteiger partial charge in [0.2, 0.25) is 0 Å². The minimum Gasteiger partial charge on any atom is -0.0845 e. The Bertz CT molecular complexity index is 554. The molecule has 0 radical (unpaired) electrons. The third-order valence-electron chi connectivity index (χ3n) is 3.65. The van der Waals surface area contributed by atoms with Gasteiger partial charge >= 0.3 is 0 Å². The second-order valence-electron chi connectivity index (χ2n) is 5.93. The lowest BCUT2D eigenvalue weighted by molar-refractivity contribution is 0.652. The van der Waals surface area contributed by atoms with E-state index in [0.29, 0.717) is 0 Å². The first-order chi connectivity index (χ1) is 13.0. The van der Waals surface area contributed by atoms with E-state index in [1.807, 2.05) is 72.9 Å². The molecule has 0 nitrogen and oxygen atoms in total. The average molecular weight is 345 g/mol. The van der Waals surface area contributed by atoms with Gasteiger partial charge in [-0.05, 0) is 25.7 Å². The Kier molecular flexibility index (Phi) is 15.5. The summed E-state index contributed by atoms with van der Waals surface area (Å²) in [6.07, 6.45) is 49.0. The van der Waals surface area contributed by atoms with Crippen LogP contribution in [0, 0.1) is 0 Å². The standard InChI is InChI=1S/C26H32/c1-2-4-6-8-10-12-14-16-18-20-22-24-26-25-23-21-19-17-15-13-11-9-7-5-3-1/h1-20H,21-26H2/b3-1+,4-2+,7-5-,8-6+,11-9+,12-10-,15-13+,16-14+,19-17+,20-18?. The zero-order valence-electron chi connectivity index (χ0n) is 15.8. The lowest BCUT2D eigenvalue weighted by atomic mass is 10.1. The maximum absolute atomic E-state index is 2.26. The Hall–Kier alpha value is -2.60. The molecular weight excluding hydrogens is 312 g/mol. The van der Waals surface area contributed by atoms with Crippen LogP contribution in [0.2, 0.25) is 0 Å². The highest BCUT2D eigenvalue weighted by atomic mass is 13.9. The van der Waals surface area contributed by atoms with Crippen molar-refractivity contribution in [3.05, 3.63) is 122 Å². The summed E-state index contributed by atoms with van der Waals surface area (Å²) in [6.45, 7) is 0. The fourth-order valence-electron chi connectivity index (χ4n) is 2.25. The van der Waals surface area contributed by atoms with Crippen molar-refractivity contribution in [3.8, 4) is 0 Å². The zero-order valence-corrected chi connectivity index (χ0v) is 15.8. The van der Waals surface area contributed by atoms with Crippen molar-refractivity contribution in [1.82, 2.24) is 0 Å². The first-order valence-corrected chi connectivity index (χ1v) is 9.65. The van der Waals surface area contributed by atoms with E-state index >= 15 is 0 Å². The fourth-order valence-corrected chi connectivity index (χ4v) is 2.25. The summed E-state index contributed by atoms with van der Waals surface area (Å²) in [5.41, 5.74) is 0. The van der Waals surface area contributed by atoms with Crippen LogP contribution in [-0.4, -0.2) is 0 Å². The Morgan fingerprint density at radius 3 is 0.731 bits per heavy atom. The van der Waals surface area contributed by atoms with Gasteiger partial charge < -0.3 is 0 Å². The summed E-state index contributed by atoms with van der Waals surface area (Å²) in [7, 11) is 0. The van der Waals surface area contributed by atoms with Crippen LogP contribution in [0.25, 0.3) is 0 Å². The first-order valence-electron chi connectivity index (χ1n) is 9.65. The Labute approximate surface area is 160 Å². The molecule has 0 heterocycles. The van der Waals surface area contributed by atoms with Gasteiger partial charge in [0.15, 0.2) is 0 Å². The molecule has 0 fully saturated rings. The molecule has 0 spiro atoms. The van der Waals surface area contributed by atoms with E-state index < -0.39 is 0 Å². The van der Waals surface area contributed by atoms with Crippen LogP contribution in [0.3, 0.4) is 0 Å². The van der Waals surface area contributed by atoms with E-state index in [2.05, 4.69) is 48.6 Å². The zero-order chi connectivity index (χ0) is 18.4. The van der Waals surface area contributed by atoms with Crippen LogP contribution in [0.15, 0.2) is 122 Å². The van der Waals surface area contributed by atoms with Gasteiger partial charge in [0.05, 0.1) is 0 Å². The molecule has 1 aliphatic rings. The van der Waals surface area contributed by atoms with Crippen LogP contribution in [0.1, 0.15) is 38.5 Å². The molecule has 0 unspecified atom stereocenters. The first kappa shape index (κ1) is 21.4. The van der Waals surface area contributed by atoms with Crippen LogP contribution >= 0.6 is 0 Å². The monoisotopic (exact) mass is 344 g/mol. The van der Waals surface area contributed by atoms with Gasteiger partial charge in [0, 0.05) is 0 Å². The highest BCUT2D eigenvalue weighted by molar-refractivity contribution is 5.22. The summed E-state index contributed by atoms with van der Waals surface area (Å²) < 4.78 is 0. The van der Waals surface area contributed by atoms with Gasteiger partial charge in [-0.15, -0.1) is 0 Å². The lowest BCUT2D eigenvalue weighted by Gasteiger charge is -1.96. The maximum Gasteiger partial charge on any atom is -0.0348 e.